The van der Waals surface area contributed by atoms with Crippen LogP contribution in [0, 0.1) is 23.2 Å². The topological polar surface area (TPSA) is 26.0 Å². The van der Waals surface area contributed by atoms with Gasteiger partial charge in [0.25, 0.3) is 0 Å². The van der Waals surface area contributed by atoms with Crippen LogP contribution in [0.15, 0.2) is 0 Å². The van der Waals surface area contributed by atoms with Gasteiger partial charge in [-0.05, 0) is 81.0 Å². The summed E-state index contributed by atoms with van der Waals surface area (Å²) in [6.45, 7) is 0. The fourth-order valence-electron chi connectivity index (χ4n) is 6.51. The van der Waals surface area contributed by atoms with Crippen molar-refractivity contribution in [3.63, 3.8) is 0 Å². The van der Waals surface area contributed by atoms with Crippen molar-refractivity contribution in [3.05, 3.63) is 0 Å². The molecule has 5 aliphatic rings. The van der Waals surface area contributed by atoms with Crippen molar-refractivity contribution >= 4 is 0 Å². The van der Waals surface area contributed by atoms with Gasteiger partial charge in [-0.15, -0.1) is 0 Å². The highest BCUT2D eigenvalue weighted by molar-refractivity contribution is 5.05. The van der Waals surface area contributed by atoms with E-state index < -0.39 is 0 Å². The van der Waals surface area contributed by atoms with Gasteiger partial charge in [0.15, 0.2) is 0 Å². The van der Waals surface area contributed by atoms with Crippen molar-refractivity contribution in [1.82, 2.24) is 0 Å². The molecule has 96 valence electrons. The van der Waals surface area contributed by atoms with Gasteiger partial charge >= 0.3 is 0 Å². The Morgan fingerprint density at radius 3 is 1.76 bits per heavy atom. The van der Waals surface area contributed by atoms with E-state index in [4.69, 9.17) is 5.73 Å². The average Bonchev–Trinajstić information content (AvgIpc) is 2.61. The van der Waals surface area contributed by atoms with Crippen LogP contribution in [0.1, 0.15) is 70.6 Å². The molecule has 0 radical (unpaired) electrons. The molecule has 1 nitrogen and oxygen atoms in total. The van der Waals surface area contributed by atoms with Crippen LogP contribution in [0.25, 0.3) is 0 Å². The predicted molar refractivity (Wildman–Crippen MR) is 70.6 cm³/mol. The Labute approximate surface area is 106 Å². The smallest absolute Gasteiger partial charge is 0.0159 e. The Kier molecular flexibility index (Phi) is 2.23. The first-order chi connectivity index (χ1) is 8.15. The summed E-state index contributed by atoms with van der Waals surface area (Å²) in [4.78, 5) is 0. The lowest BCUT2D eigenvalue weighted by molar-refractivity contribution is -0.0677. The fourth-order valence-corrected chi connectivity index (χ4v) is 6.51. The number of hydrogen-bond donors (Lipinski definition) is 1. The molecule has 5 rings (SSSR count). The molecule has 0 atom stereocenters. The summed E-state index contributed by atoms with van der Waals surface area (Å²) < 4.78 is 0. The van der Waals surface area contributed by atoms with Crippen molar-refractivity contribution in [3.8, 4) is 0 Å². The molecule has 0 aliphatic heterocycles. The molecule has 17 heavy (non-hydrogen) atoms. The maximum absolute atomic E-state index is 6.68. The highest BCUT2D eigenvalue weighted by Crippen LogP contribution is 2.62. The first kappa shape index (κ1) is 10.8. The largest absolute Gasteiger partial charge is 0.325 e. The van der Waals surface area contributed by atoms with E-state index in [1.54, 1.807) is 38.5 Å². The number of hydrogen-bond acceptors (Lipinski definition) is 1. The first-order valence-corrected chi connectivity index (χ1v) is 7.94. The molecule has 1 heteroatoms. The van der Waals surface area contributed by atoms with Crippen LogP contribution in [-0.2, 0) is 0 Å². The third-order valence-electron chi connectivity index (χ3n) is 6.49. The van der Waals surface area contributed by atoms with E-state index in [-0.39, 0.29) is 5.54 Å². The lowest BCUT2D eigenvalue weighted by Crippen LogP contribution is -2.51. The molecule has 0 aromatic rings. The van der Waals surface area contributed by atoms with E-state index in [1.165, 1.54) is 32.1 Å². The molecule has 5 aliphatic carbocycles. The summed E-state index contributed by atoms with van der Waals surface area (Å²) in [6.07, 6.45) is 16.1. The van der Waals surface area contributed by atoms with Crippen LogP contribution in [0.4, 0.5) is 0 Å². The van der Waals surface area contributed by atoms with Crippen LogP contribution in [-0.4, -0.2) is 5.54 Å². The van der Waals surface area contributed by atoms with Gasteiger partial charge in [0.2, 0.25) is 0 Å². The maximum Gasteiger partial charge on any atom is 0.0159 e. The molecule has 0 aromatic carbocycles. The normalized spacial score (nSPS) is 51.0. The van der Waals surface area contributed by atoms with Gasteiger partial charge in [0, 0.05) is 5.54 Å². The van der Waals surface area contributed by atoms with E-state index >= 15 is 0 Å². The molecule has 5 fully saturated rings. The molecule has 0 heterocycles. The molecule has 2 N–H and O–H groups in total. The maximum atomic E-state index is 6.68. The summed E-state index contributed by atoms with van der Waals surface area (Å²) in [5.74, 6) is 3.27. The van der Waals surface area contributed by atoms with Gasteiger partial charge in [0.05, 0.1) is 0 Å². The molecule has 4 bridgehead atoms. The monoisotopic (exact) mass is 233 g/mol. The Hall–Kier alpha value is -0.0400. The summed E-state index contributed by atoms with van der Waals surface area (Å²) in [7, 11) is 0. The average molecular weight is 233 g/mol. The van der Waals surface area contributed by atoms with Crippen molar-refractivity contribution in [2.24, 2.45) is 28.9 Å². The number of nitrogens with two attached hydrogens (primary N) is 1. The Morgan fingerprint density at radius 1 is 0.824 bits per heavy atom. The standard InChI is InChI=1S/C16H27N/c17-16(3-1-2-4-16)11-15-8-12-5-13(9-15)7-14(6-12)10-15/h12-14H,1-11,17H2. The molecule has 0 aromatic heterocycles. The Morgan fingerprint density at radius 2 is 1.29 bits per heavy atom. The SMILES string of the molecule is NC1(CC23CC4CC(CC(C4)C2)C3)CCCC1. The Bertz CT molecular complexity index is 278. The minimum atomic E-state index is 0.242. The number of rotatable bonds is 2. The van der Waals surface area contributed by atoms with E-state index in [0.29, 0.717) is 5.41 Å². The summed E-state index contributed by atoms with van der Waals surface area (Å²) in [6, 6.07) is 0. The van der Waals surface area contributed by atoms with Crippen LogP contribution < -0.4 is 5.73 Å². The van der Waals surface area contributed by atoms with Crippen molar-refractivity contribution < 1.29 is 0 Å². The summed E-state index contributed by atoms with van der Waals surface area (Å²) >= 11 is 0. The van der Waals surface area contributed by atoms with E-state index in [9.17, 15) is 0 Å². The van der Waals surface area contributed by atoms with Gasteiger partial charge in [-0.25, -0.2) is 0 Å². The van der Waals surface area contributed by atoms with Crippen LogP contribution >= 0.6 is 0 Å². The van der Waals surface area contributed by atoms with Crippen LogP contribution in [0.2, 0.25) is 0 Å². The minimum absolute atomic E-state index is 0.242. The zero-order valence-corrected chi connectivity index (χ0v) is 11.1. The second kappa shape index (κ2) is 3.50. The van der Waals surface area contributed by atoms with Crippen molar-refractivity contribution in [1.29, 1.82) is 0 Å². The highest BCUT2D eigenvalue weighted by atomic mass is 14.8. The lowest BCUT2D eigenvalue weighted by Gasteiger charge is -2.58. The quantitative estimate of drug-likeness (QED) is 0.770. The minimum Gasteiger partial charge on any atom is -0.325 e. The van der Waals surface area contributed by atoms with Crippen LogP contribution in [0.5, 0.6) is 0 Å². The zero-order valence-electron chi connectivity index (χ0n) is 11.1. The third kappa shape index (κ3) is 1.77. The molecule has 0 saturated heterocycles. The van der Waals surface area contributed by atoms with Crippen molar-refractivity contribution in [2.45, 2.75) is 76.2 Å². The molecular weight excluding hydrogens is 206 g/mol. The van der Waals surface area contributed by atoms with Gasteiger partial charge in [0.1, 0.15) is 0 Å². The summed E-state index contributed by atoms with van der Waals surface area (Å²) in [5.41, 5.74) is 7.62. The first-order valence-electron chi connectivity index (χ1n) is 7.94. The third-order valence-corrected chi connectivity index (χ3v) is 6.49. The second-order valence-corrected chi connectivity index (χ2v) is 8.16. The lowest BCUT2D eigenvalue weighted by atomic mass is 9.47. The van der Waals surface area contributed by atoms with E-state index in [0.717, 1.165) is 17.8 Å². The molecule has 0 unspecified atom stereocenters. The summed E-state index contributed by atoms with van der Waals surface area (Å²) in [5, 5.41) is 0. The van der Waals surface area contributed by atoms with Gasteiger partial charge in [-0.2, -0.15) is 0 Å². The Balaban J connectivity index is 1.56. The van der Waals surface area contributed by atoms with E-state index in [2.05, 4.69) is 0 Å². The van der Waals surface area contributed by atoms with E-state index in [1.807, 2.05) is 0 Å². The predicted octanol–water partition coefficient (Wildman–Crippen LogP) is 3.86. The molecular formula is C16H27N. The molecule has 0 amide bonds. The zero-order chi connectivity index (χ0) is 11.5. The fraction of sp³-hybridized carbons (Fsp3) is 1.00. The molecule has 5 saturated carbocycles. The highest BCUT2D eigenvalue weighted by Gasteiger charge is 2.53. The second-order valence-electron chi connectivity index (χ2n) is 8.16. The van der Waals surface area contributed by atoms with Crippen LogP contribution in [0.3, 0.4) is 0 Å². The molecule has 0 spiro atoms. The van der Waals surface area contributed by atoms with Gasteiger partial charge in [-0.3, -0.25) is 0 Å². The van der Waals surface area contributed by atoms with Crippen molar-refractivity contribution in [2.75, 3.05) is 0 Å². The van der Waals surface area contributed by atoms with Gasteiger partial charge in [-0.1, -0.05) is 12.8 Å². The van der Waals surface area contributed by atoms with Gasteiger partial charge < -0.3 is 5.73 Å².